The Kier molecular flexibility index (Phi) is 14.5. The molecule has 0 rings (SSSR count). The molecule has 0 saturated carbocycles. The lowest BCUT2D eigenvalue weighted by Gasteiger charge is -2.31. The van der Waals surface area contributed by atoms with E-state index in [4.69, 9.17) is 33.2 Å². The summed E-state index contributed by atoms with van der Waals surface area (Å²) in [6.45, 7) is 13.1. The SMILES string of the molecule is CCC(C)OC([O])(OCCCCOC)OC(OCOC(C)(C)C)OCC(C)C. The highest BCUT2D eigenvalue weighted by atomic mass is 17.0. The Labute approximate surface area is 170 Å². The summed E-state index contributed by atoms with van der Waals surface area (Å²) in [7, 11) is 1.63. The van der Waals surface area contributed by atoms with Crippen molar-refractivity contribution in [2.45, 2.75) is 92.1 Å². The molecule has 1 radical (unpaired) electrons. The Morgan fingerprint density at radius 2 is 1.54 bits per heavy atom. The molecule has 0 aromatic carbocycles. The number of ether oxygens (including phenoxy) is 7. The van der Waals surface area contributed by atoms with Crippen LogP contribution in [0.4, 0.5) is 0 Å². The molecular weight excluding hydrogens is 368 g/mol. The lowest BCUT2D eigenvalue weighted by atomic mass is 10.2. The quantitative estimate of drug-likeness (QED) is 0.265. The van der Waals surface area contributed by atoms with Crippen LogP contribution in [0.25, 0.3) is 0 Å². The molecule has 0 aromatic heterocycles. The van der Waals surface area contributed by atoms with Gasteiger partial charge in [-0.1, -0.05) is 20.8 Å². The van der Waals surface area contributed by atoms with Gasteiger partial charge in [0.2, 0.25) is 0 Å². The number of hydrogen-bond donors (Lipinski definition) is 0. The van der Waals surface area contributed by atoms with Gasteiger partial charge in [0.05, 0.1) is 24.9 Å². The van der Waals surface area contributed by atoms with Crippen LogP contribution < -0.4 is 0 Å². The summed E-state index contributed by atoms with van der Waals surface area (Å²) in [5.41, 5.74) is -0.401. The fraction of sp³-hybridized carbons (Fsp3) is 1.00. The minimum absolute atomic E-state index is 0.0977. The average Bonchev–Trinajstić information content (AvgIpc) is 2.58. The van der Waals surface area contributed by atoms with E-state index in [1.807, 2.05) is 41.5 Å². The van der Waals surface area contributed by atoms with Crippen LogP contribution in [0.5, 0.6) is 0 Å². The minimum atomic E-state index is -2.54. The van der Waals surface area contributed by atoms with Crippen LogP contribution >= 0.6 is 0 Å². The predicted molar refractivity (Wildman–Crippen MR) is 104 cm³/mol. The van der Waals surface area contributed by atoms with E-state index in [0.29, 0.717) is 26.1 Å². The summed E-state index contributed by atoms with van der Waals surface area (Å²) >= 11 is 0. The molecule has 0 aromatic rings. The molecule has 0 saturated heterocycles. The van der Waals surface area contributed by atoms with Crippen LogP contribution in [0.3, 0.4) is 0 Å². The molecule has 0 heterocycles. The molecule has 0 N–H and O–H groups in total. The molecular formula is C20H41O8. The molecule has 0 aliphatic heterocycles. The fourth-order valence-electron chi connectivity index (χ4n) is 1.74. The van der Waals surface area contributed by atoms with Gasteiger partial charge in [0.1, 0.15) is 0 Å². The Balaban J connectivity index is 4.91. The molecule has 169 valence electrons. The summed E-state index contributed by atoms with van der Waals surface area (Å²) in [4.78, 5) is 0. The van der Waals surface area contributed by atoms with E-state index < -0.39 is 18.2 Å². The van der Waals surface area contributed by atoms with Gasteiger partial charge >= 0.3 is 6.16 Å². The zero-order valence-electron chi connectivity index (χ0n) is 18.9. The van der Waals surface area contributed by atoms with Crippen LogP contribution in [0, 0.1) is 5.92 Å². The Hall–Kier alpha value is -0.320. The van der Waals surface area contributed by atoms with Crippen molar-refractivity contribution in [3.05, 3.63) is 0 Å². The molecule has 0 fully saturated rings. The number of methoxy groups -OCH3 is 1. The fourth-order valence-corrected chi connectivity index (χ4v) is 1.74. The molecule has 8 heteroatoms. The van der Waals surface area contributed by atoms with Crippen molar-refractivity contribution in [2.75, 3.05) is 33.7 Å². The van der Waals surface area contributed by atoms with Crippen molar-refractivity contribution >= 4 is 0 Å². The maximum atomic E-state index is 13.0. The maximum Gasteiger partial charge on any atom is 0.444 e. The second kappa shape index (κ2) is 14.6. The Morgan fingerprint density at radius 1 is 0.893 bits per heavy atom. The van der Waals surface area contributed by atoms with Crippen molar-refractivity contribution in [1.82, 2.24) is 0 Å². The second-order valence-electron chi connectivity index (χ2n) is 8.06. The summed E-state index contributed by atoms with van der Waals surface area (Å²) in [6, 6.07) is 0. The highest BCUT2D eigenvalue weighted by Gasteiger charge is 2.39. The van der Waals surface area contributed by atoms with Crippen LogP contribution in [-0.2, 0) is 38.3 Å². The first kappa shape index (κ1) is 27.7. The topological polar surface area (TPSA) is 84.5 Å². The molecule has 3 atom stereocenters. The third-order valence-corrected chi connectivity index (χ3v) is 3.44. The van der Waals surface area contributed by atoms with Gasteiger partial charge in [-0.05, 0) is 52.9 Å². The first-order valence-corrected chi connectivity index (χ1v) is 10.1. The number of unbranched alkanes of at least 4 members (excludes halogenated alkanes) is 1. The Morgan fingerprint density at radius 3 is 2.07 bits per heavy atom. The molecule has 0 bridgehead atoms. The van der Waals surface area contributed by atoms with E-state index in [-0.39, 0.29) is 25.4 Å². The van der Waals surface area contributed by atoms with E-state index in [1.54, 1.807) is 14.0 Å². The number of hydrogen-bond acceptors (Lipinski definition) is 7. The lowest BCUT2D eigenvalue weighted by Crippen LogP contribution is -2.45. The first-order chi connectivity index (χ1) is 13.0. The third kappa shape index (κ3) is 15.6. The zero-order chi connectivity index (χ0) is 21.6. The predicted octanol–water partition coefficient (Wildman–Crippen LogP) is 4.05. The average molecular weight is 410 g/mol. The van der Waals surface area contributed by atoms with Gasteiger partial charge in [-0.2, -0.15) is 0 Å². The summed E-state index contributed by atoms with van der Waals surface area (Å²) < 4.78 is 37.8. The standard InChI is InChI=1S/C20H41O8/c1-9-17(4)27-20(21,25-13-11-10-12-22-8)28-18(23-14-16(2)3)24-15-26-19(5,6)7/h16-18H,9-15H2,1-8H3. The van der Waals surface area contributed by atoms with Crippen LogP contribution in [0.15, 0.2) is 0 Å². The van der Waals surface area contributed by atoms with Crippen LogP contribution in [0.2, 0.25) is 0 Å². The second-order valence-corrected chi connectivity index (χ2v) is 8.06. The molecule has 0 spiro atoms. The van der Waals surface area contributed by atoms with Gasteiger partial charge in [-0.25, -0.2) is 4.74 Å². The molecule has 28 heavy (non-hydrogen) atoms. The van der Waals surface area contributed by atoms with E-state index in [9.17, 15) is 5.11 Å². The van der Waals surface area contributed by atoms with Gasteiger partial charge in [-0.15, -0.1) is 5.11 Å². The molecule has 3 unspecified atom stereocenters. The Bertz CT molecular complexity index is 372. The summed E-state index contributed by atoms with van der Waals surface area (Å²) in [5.74, 6) is 0.227. The monoisotopic (exact) mass is 409 g/mol. The van der Waals surface area contributed by atoms with Crippen molar-refractivity contribution in [1.29, 1.82) is 0 Å². The molecule has 0 aliphatic carbocycles. The third-order valence-electron chi connectivity index (χ3n) is 3.44. The summed E-state index contributed by atoms with van der Waals surface area (Å²) in [6.07, 6.45) is -0.860. The summed E-state index contributed by atoms with van der Waals surface area (Å²) in [5, 5.41) is 13.0. The largest absolute Gasteiger partial charge is 0.444 e. The van der Waals surface area contributed by atoms with E-state index in [2.05, 4.69) is 0 Å². The van der Waals surface area contributed by atoms with Crippen molar-refractivity contribution in [2.24, 2.45) is 5.92 Å². The van der Waals surface area contributed by atoms with Gasteiger partial charge in [-0.3, -0.25) is 4.74 Å². The number of rotatable bonds is 17. The van der Waals surface area contributed by atoms with Crippen molar-refractivity contribution in [3.63, 3.8) is 0 Å². The maximum absolute atomic E-state index is 13.0. The van der Waals surface area contributed by atoms with Crippen molar-refractivity contribution in [3.8, 4) is 0 Å². The van der Waals surface area contributed by atoms with Crippen molar-refractivity contribution < 1.29 is 38.3 Å². The van der Waals surface area contributed by atoms with Crippen LogP contribution in [-0.4, -0.2) is 58.1 Å². The van der Waals surface area contributed by atoms with Crippen LogP contribution in [0.1, 0.15) is 67.7 Å². The minimum Gasteiger partial charge on any atom is -0.385 e. The van der Waals surface area contributed by atoms with Gasteiger partial charge in [0.25, 0.3) is 6.48 Å². The van der Waals surface area contributed by atoms with Gasteiger partial charge in [0, 0.05) is 13.7 Å². The molecule has 0 aliphatic rings. The lowest BCUT2D eigenvalue weighted by molar-refractivity contribution is -0.561. The smallest absolute Gasteiger partial charge is 0.385 e. The highest BCUT2D eigenvalue weighted by Crippen LogP contribution is 2.21. The first-order valence-electron chi connectivity index (χ1n) is 10.1. The molecule has 8 nitrogen and oxygen atoms in total. The van der Waals surface area contributed by atoms with Gasteiger partial charge < -0.3 is 23.7 Å². The van der Waals surface area contributed by atoms with E-state index in [1.165, 1.54) is 0 Å². The van der Waals surface area contributed by atoms with E-state index in [0.717, 1.165) is 6.42 Å². The molecule has 0 amide bonds. The normalized spacial score (nSPS) is 16.9. The van der Waals surface area contributed by atoms with Gasteiger partial charge in [0.15, 0.2) is 6.79 Å². The zero-order valence-corrected chi connectivity index (χ0v) is 18.9. The highest BCUT2D eigenvalue weighted by molar-refractivity contribution is 4.56. The van der Waals surface area contributed by atoms with E-state index >= 15 is 0 Å².